The first-order valence-corrected chi connectivity index (χ1v) is 8.37. The molecule has 0 fully saturated rings. The van der Waals surface area contributed by atoms with Crippen LogP contribution in [-0.2, 0) is 10.3 Å². The molecule has 1 amide bonds. The van der Waals surface area contributed by atoms with Crippen LogP contribution in [0.5, 0.6) is 0 Å². The molecule has 0 aliphatic carbocycles. The molecular formula is C19H21F2N5O. The Morgan fingerprint density at radius 1 is 1.11 bits per heavy atom. The number of carbonyl (C=O) groups excluding carboxylic acids is 1. The fourth-order valence-electron chi connectivity index (χ4n) is 3.20. The molecule has 0 bridgehead atoms. The van der Waals surface area contributed by atoms with Gasteiger partial charge in [-0.15, -0.1) is 0 Å². The van der Waals surface area contributed by atoms with Crippen molar-refractivity contribution >= 4 is 23.2 Å². The number of aliphatic imine (C=N–C) groups is 1. The van der Waals surface area contributed by atoms with Crippen LogP contribution in [0.15, 0.2) is 41.7 Å². The molecule has 2 aromatic rings. The van der Waals surface area contributed by atoms with Crippen LogP contribution in [0, 0.1) is 17.0 Å². The number of pyridine rings is 1. The van der Waals surface area contributed by atoms with E-state index >= 15 is 0 Å². The number of rotatable bonds is 3. The molecule has 1 aromatic heterocycles. The second-order valence-electron chi connectivity index (χ2n) is 7.24. The highest BCUT2D eigenvalue weighted by molar-refractivity contribution is 6.01. The molecule has 27 heavy (non-hydrogen) atoms. The molecule has 142 valence electrons. The molecule has 1 aliphatic heterocycles. The Labute approximate surface area is 156 Å². The summed E-state index contributed by atoms with van der Waals surface area (Å²) >= 11 is 0. The third kappa shape index (κ3) is 3.01. The van der Waals surface area contributed by atoms with E-state index in [9.17, 15) is 13.6 Å². The van der Waals surface area contributed by atoms with Gasteiger partial charge in [0.05, 0.1) is 23.5 Å². The van der Waals surface area contributed by atoms with Crippen molar-refractivity contribution in [1.82, 2.24) is 9.88 Å². The lowest BCUT2D eigenvalue weighted by Crippen LogP contribution is -2.58. The van der Waals surface area contributed by atoms with Gasteiger partial charge in [-0.3, -0.25) is 14.7 Å². The van der Waals surface area contributed by atoms with E-state index in [4.69, 9.17) is 5.73 Å². The van der Waals surface area contributed by atoms with Gasteiger partial charge in [0.15, 0.2) is 5.96 Å². The average Bonchev–Trinajstić information content (AvgIpc) is 2.60. The van der Waals surface area contributed by atoms with Gasteiger partial charge in [-0.1, -0.05) is 0 Å². The molecule has 0 saturated carbocycles. The minimum absolute atomic E-state index is 0.0221. The zero-order valence-corrected chi connectivity index (χ0v) is 15.5. The summed E-state index contributed by atoms with van der Waals surface area (Å²) in [5.41, 5.74) is 4.78. The number of benzene rings is 1. The maximum absolute atomic E-state index is 14.8. The number of carbonyl (C=O) groups is 1. The van der Waals surface area contributed by atoms with E-state index in [0.717, 1.165) is 6.20 Å². The van der Waals surface area contributed by atoms with Gasteiger partial charge in [0.25, 0.3) is 0 Å². The van der Waals surface area contributed by atoms with Crippen LogP contribution in [0.2, 0.25) is 0 Å². The summed E-state index contributed by atoms with van der Waals surface area (Å²) in [7, 11) is 1.54. The van der Waals surface area contributed by atoms with Crippen molar-refractivity contribution < 1.29 is 13.6 Å². The average molecular weight is 373 g/mol. The highest BCUT2D eigenvalue weighted by Crippen LogP contribution is 2.47. The standard InChI is InChI=1S/C19H21F2N5O/c1-18(2)16(27)26(4)17(22)25-19(18,3)14-8-12(5-6-15(14)21)24-13-7-11(20)9-23-10-13/h5-10,24H,1-4H3,(H2,22,25)/t19-/m1/s1. The van der Waals surface area contributed by atoms with Gasteiger partial charge in [0.2, 0.25) is 5.91 Å². The predicted molar refractivity (Wildman–Crippen MR) is 99.4 cm³/mol. The second kappa shape index (κ2) is 6.29. The minimum atomic E-state index is -1.22. The van der Waals surface area contributed by atoms with Crippen LogP contribution < -0.4 is 11.1 Å². The van der Waals surface area contributed by atoms with Gasteiger partial charge < -0.3 is 11.1 Å². The molecule has 8 heteroatoms. The monoisotopic (exact) mass is 373 g/mol. The van der Waals surface area contributed by atoms with E-state index in [-0.39, 0.29) is 17.4 Å². The highest BCUT2D eigenvalue weighted by atomic mass is 19.1. The van der Waals surface area contributed by atoms with Crippen molar-refractivity contribution in [2.75, 3.05) is 12.4 Å². The lowest BCUT2D eigenvalue weighted by molar-refractivity contribution is -0.140. The van der Waals surface area contributed by atoms with Crippen LogP contribution in [0.3, 0.4) is 0 Å². The largest absolute Gasteiger partial charge is 0.369 e. The number of anilines is 2. The number of nitrogens with one attached hydrogen (secondary N) is 1. The molecule has 1 aromatic carbocycles. The van der Waals surface area contributed by atoms with Crippen molar-refractivity contribution in [1.29, 1.82) is 0 Å². The summed E-state index contributed by atoms with van der Waals surface area (Å²) in [6.45, 7) is 5.09. The maximum Gasteiger partial charge on any atom is 0.237 e. The van der Waals surface area contributed by atoms with Gasteiger partial charge in [-0.05, 0) is 39.0 Å². The Bertz CT molecular complexity index is 943. The molecule has 1 atom stereocenters. The van der Waals surface area contributed by atoms with E-state index in [0.29, 0.717) is 11.4 Å². The van der Waals surface area contributed by atoms with Crippen molar-refractivity contribution in [3.05, 3.63) is 53.9 Å². The molecule has 0 saturated heterocycles. The lowest BCUT2D eigenvalue weighted by Gasteiger charge is -2.46. The van der Waals surface area contributed by atoms with Gasteiger partial charge in [-0.2, -0.15) is 0 Å². The quantitative estimate of drug-likeness (QED) is 0.866. The number of aromatic nitrogens is 1. The Morgan fingerprint density at radius 2 is 1.81 bits per heavy atom. The Kier molecular flexibility index (Phi) is 4.37. The van der Waals surface area contributed by atoms with E-state index in [1.54, 1.807) is 26.8 Å². The summed E-state index contributed by atoms with van der Waals surface area (Å²) in [5.74, 6) is -1.24. The van der Waals surface area contributed by atoms with Gasteiger partial charge in [0.1, 0.15) is 17.2 Å². The molecule has 2 heterocycles. The fourth-order valence-corrected chi connectivity index (χ4v) is 3.20. The first-order chi connectivity index (χ1) is 12.6. The van der Waals surface area contributed by atoms with Gasteiger partial charge >= 0.3 is 0 Å². The van der Waals surface area contributed by atoms with Crippen molar-refractivity contribution in [3.63, 3.8) is 0 Å². The SMILES string of the molecule is CN1C(=O)C(C)(C)[C@@](C)(c2cc(Nc3cncc(F)c3)ccc2F)N=C1N. The number of nitrogens with two attached hydrogens (primary N) is 1. The maximum atomic E-state index is 14.8. The molecular weight excluding hydrogens is 352 g/mol. The first-order valence-electron chi connectivity index (χ1n) is 8.37. The van der Waals surface area contributed by atoms with Crippen LogP contribution in [0.1, 0.15) is 26.3 Å². The molecule has 3 rings (SSSR count). The number of halogens is 2. The summed E-state index contributed by atoms with van der Waals surface area (Å²) in [6, 6.07) is 5.62. The van der Waals surface area contributed by atoms with Crippen molar-refractivity contribution in [3.8, 4) is 0 Å². The van der Waals surface area contributed by atoms with E-state index in [1.165, 1.54) is 36.3 Å². The molecule has 6 nitrogen and oxygen atoms in total. The van der Waals surface area contributed by atoms with Crippen molar-refractivity contribution in [2.45, 2.75) is 26.3 Å². The Hall–Kier alpha value is -3.03. The Balaban J connectivity index is 2.09. The minimum Gasteiger partial charge on any atom is -0.369 e. The third-order valence-corrected chi connectivity index (χ3v) is 5.22. The number of guanidine groups is 1. The summed E-state index contributed by atoms with van der Waals surface area (Å²) in [4.78, 5) is 22.2. The van der Waals surface area contributed by atoms with Crippen LogP contribution in [0.25, 0.3) is 0 Å². The summed E-state index contributed by atoms with van der Waals surface area (Å²) in [5, 5.41) is 2.98. The summed E-state index contributed by atoms with van der Waals surface area (Å²) in [6.07, 6.45) is 2.54. The van der Waals surface area contributed by atoms with Gasteiger partial charge in [-0.25, -0.2) is 13.8 Å². The first kappa shape index (κ1) is 18.8. The van der Waals surface area contributed by atoms with Crippen LogP contribution in [0.4, 0.5) is 20.2 Å². The molecule has 0 unspecified atom stereocenters. The molecule has 3 N–H and O–H groups in total. The topological polar surface area (TPSA) is 83.6 Å². The number of hydrogen-bond acceptors (Lipinski definition) is 5. The lowest BCUT2D eigenvalue weighted by atomic mass is 9.67. The smallest absolute Gasteiger partial charge is 0.237 e. The third-order valence-electron chi connectivity index (χ3n) is 5.22. The van der Waals surface area contributed by atoms with Gasteiger partial charge in [0, 0.05) is 24.4 Å². The van der Waals surface area contributed by atoms with Crippen LogP contribution >= 0.6 is 0 Å². The normalized spacial score (nSPS) is 21.8. The summed E-state index contributed by atoms with van der Waals surface area (Å²) < 4.78 is 28.1. The number of hydrogen-bond donors (Lipinski definition) is 2. The molecule has 0 radical (unpaired) electrons. The number of amides is 1. The van der Waals surface area contributed by atoms with Crippen LogP contribution in [-0.4, -0.2) is 28.8 Å². The molecule has 1 aliphatic rings. The second-order valence-corrected chi connectivity index (χ2v) is 7.24. The van der Waals surface area contributed by atoms with E-state index < -0.39 is 22.6 Å². The highest BCUT2D eigenvalue weighted by Gasteiger charge is 2.53. The van der Waals surface area contributed by atoms with E-state index in [2.05, 4.69) is 15.3 Å². The predicted octanol–water partition coefficient (Wildman–Crippen LogP) is 3.13. The Morgan fingerprint density at radius 3 is 2.48 bits per heavy atom. The van der Waals surface area contributed by atoms with E-state index in [1.807, 2.05) is 0 Å². The fraction of sp³-hybridized carbons (Fsp3) is 0.316. The number of nitrogens with zero attached hydrogens (tertiary/aromatic N) is 3. The zero-order valence-electron chi connectivity index (χ0n) is 15.5. The van der Waals surface area contributed by atoms with Crippen molar-refractivity contribution in [2.24, 2.45) is 16.1 Å². The molecule has 0 spiro atoms. The zero-order chi connectivity index (χ0) is 20.0.